The lowest BCUT2D eigenvalue weighted by molar-refractivity contribution is -0.144. The molecule has 57 heavy (non-hydrogen) atoms. The maximum absolute atomic E-state index is 12.9. The highest BCUT2D eigenvalue weighted by Crippen LogP contribution is 2.19. The number of amides is 1. The number of carbonyl (C=O) groups is 5. The van der Waals surface area contributed by atoms with Crippen molar-refractivity contribution in [1.29, 1.82) is 0 Å². The molecule has 0 spiro atoms. The second-order valence-corrected chi connectivity index (χ2v) is 14.5. The highest BCUT2D eigenvalue weighted by atomic mass is 16.5. The molecule has 0 unspecified atom stereocenters. The molecular weight excluding hydrogens is 732 g/mol. The number of nitrogens with two attached hydrogens (primary N) is 2. The van der Waals surface area contributed by atoms with Crippen LogP contribution in [0.25, 0.3) is 11.2 Å². The zero-order chi connectivity index (χ0) is 41.4. The first-order chi connectivity index (χ1) is 27.4. The van der Waals surface area contributed by atoms with E-state index in [1.54, 1.807) is 30.5 Å². The third-order valence-corrected chi connectivity index (χ3v) is 9.67. The molecule has 1 amide bonds. The Kier molecular flexibility index (Phi) is 20.7. The fourth-order valence-electron chi connectivity index (χ4n) is 6.38. The number of carbonyl (C=O) groups excluding carboxylic acids is 3. The third kappa shape index (κ3) is 18.4. The Labute approximate surface area is 334 Å². The highest BCUT2D eigenvalue weighted by molar-refractivity contribution is 5.97. The summed E-state index contributed by atoms with van der Waals surface area (Å²) in [5.74, 6) is -2.82. The maximum Gasteiger partial charge on any atom is 0.326 e. The van der Waals surface area contributed by atoms with Crippen molar-refractivity contribution in [1.82, 2.24) is 25.3 Å². The predicted octanol–water partition coefficient (Wildman–Crippen LogP) is 6.40. The number of aliphatic carboxylic acids is 2. The Balaban J connectivity index is 1.22. The molecule has 0 radical (unpaired) electrons. The van der Waals surface area contributed by atoms with Crippen LogP contribution < -0.4 is 21.7 Å². The van der Waals surface area contributed by atoms with Crippen molar-refractivity contribution in [2.75, 3.05) is 30.0 Å². The Morgan fingerprint density at radius 2 is 1.32 bits per heavy atom. The lowest BCUT2D eigenvalue weighted by Gasteiger charge is -2.19. The number of anilines is 3. The molecule has 16 nitrogen and oxygen atoms in total. The van der Waals surface area contributed by atoms with E-state index in [0.29, 0.717) is 36.2 Å². The van der Waals surface area contributed by atoms with Gasteiger partial charge in [0.1, 0.15) is 11.8 Å². The van der Waals surface area contributed by atoms with Crippen molar-refractivity contribution in [3.63, 3.8) is 0 Å². The van der Waals surface area contributed by atoms with E-state index in [4.69, 9.17) is 21.3 Å². The zero-order valence-corrected chi connectivity index (χ0v) is 33.3. The summed E-state index contributed by atoms with van der Waals surface area (Å²) in [6, 6.07) is 5.36. The summed E-state index contributed by atoms with van der Waals surface area (Å²) in [5.41, 5.74) is 13.8. The number of benzene rings is 1. The molecule has 0 saturated carbocycles. The lowest BCUT2D eigenvalue weighted by Crippen LogP contribution is -2.41. The van der Waals surface area contributed by atoms with Crippen LogP contribution in [0.1, 0.15) is 144 Å². The second kappa shape index (κ2) is 25.7. The SMILES string of the molecule is CN(Cc1cnc2nc(N)nc(N)c2n1)c1ccc(C(=O)N[C@@H](CCC(=O)CCCOC(=O)CCCCCCCCCCCCCCCCC(=O)O)C(=O)O)cc1. The molecule has 0 aliphatic carbocycles. The highest BCUT2D eigenvalue weighted by Gasteiger charge is 2.22. The van der Waals surface area contributed by atoms with Crippen molar-refractivity contribution in [2.45, 2.75) is 141 Å². The number of ketones is 1. The van der Waals surface area contributed by atoms with E-state index in [-0.39, 0.29) is 61.4 Å². The average Bonchev–Trinajstić information content (AvgIpc) is 3.17. The van der Waals surface area contributed by atoms with Crippen LogP contribution in [0.5, 0.6) is 0 Å². The number of rotatable bonds is 30. The van der Waals surface area contributed by atoms with Gasteiger partial charge in [-0.3, -0.25) is 19.2 Å². The van der Waals surface area contributed by atoms with Crippen LogP contribution in [0.15, 0.2) is 30.5 Å². The number of nitrogens with one attached hydrogen (secondary N) is 1. The van der Waals surface area contributed by atoms with Crippen LogP contribution in [-0.4, -0.2) is 79.4 Å². The number of aromatic nitrogens is 4. The molecule has 312 valence electrons. The average molecular weight is 793 g/mol. The lowest BCUT2D eigenvalue weighted by atomic mass is 10.0. The van der Waals surface area contributed by atoms with Gasteiger partial charge in [0.2, 0.25) is 5.95 Å². The monoisotopic (exact) mass is 792 g/mol. The van der Waals surface area contributed by atoms with E-state index in [9.17, 15) is 29.1 Å². The summed E-state index contributed by atoms with van der Waals surface area (Å²) in [6.07, 6.45) is 18.1. The van der Waals surface area contributed by atoms with Gasteiger partial charge in [-0.25, -0.2) is 14.8 Å². The van der Waals surface area contributed by atoms with Crippen molar-refractivity contribution >= 4 is 58.2 Å². The van der Waals surface area contributed by atoms with E-state index in [1.807, 2.05) is 11.9 Å². The van der Waals surface area contributed by atoms with Gasteiger partial charge in [-0.05, 0) is 49.9 Å². The van der Waals surface area contributed by atoms with Gasteiger partial charge in [0.05, 0.1) is 25.0 Å². The molecule has 3 rings (SSSR count). The number of ether oxygens (including phenoxy) is 1. The first-order valence-electron chi connectivity index (χ1n) is 20.2. The molecule has 1 atom stereocenters. The van der Waals surface area contributed by atoms with Gasteiger partial charge in [0.25, 0.3) is 5.91 Å². The molecule has 0 aliphatic heterocycles. The number of Topliss-reactive ketones (excluding diaryl/α,β-unsaturated/α-hetero) is 1. The van der Waals surface area contributed by atoms with Crippen molar-refractivity contribution < 1.29 is 38.9 Å². The molecule has 7 N–H and O–H groups in total. The molecule has 0 fully saturated rings. The molecular formula is C41H60N8O8. The minimum absolute atomic E-state index is 0.0111. The number of carboxylic acids is 2. The molecule has 2 heterocycles. The Morgan fingerprint density at radius 1 is 0.737 bits per heavy atom. The molecule has 3 aromatic rings. The minimum Gasteiger partial charge on any atom is -0.481 e. The quantitative estimate of drug-likeness (QED) is 0.0361. The zero-order valence-electron chi connectivity index (χ0n) is 33.3. The summed E-state index contributed by atoms with van der Waals surface area (Å²) in [6.45, 7) is 0.496. The summed E-state index contributed by atoms with van der Waals surface area (Å²) in [4.78, 5) is 78.4. The topological polar surface area (TPSA) is 254 Å². The molecule has 16 heteroatoms. The third-order valence-electron chi connectivity index (χ3n) is 9.67. The number of fused-ring (bicyclic) bond motifs is 1. The number of carboxylic acid groups (broad SMARTS) is 2. The Bertz CT molecular complexity index is 1740. The van der Waals surface area contributed by atoms with Crippen LogP contribution in [-0.2, 0) is 30.5 Å². The smallest absolute Gasteiger partial charge is 0.326 e. The summed E-state index contributed by atoms with van der Waals surface area (Å²) in [7, 11) is 1.83. The van der Waals surface area contributed by atoms with Crippen LogP contribution in [0, 0.1) is 0 Å². The summed E-state index contributed by atoms with van der Waals surface area (Å²) < 4.78 is 5.27. The van der Waals surface area contributed by atoms with Gasteiger partial charge in [0, 0.05) is 44.0 Å². The molecule has 0 saturated heterocycles. The fraction of sp³-hybridized carbons (Fsp3) is 0.585. The minimum atomic E-state index is -1.25. The van der Waals surface area contributed by atoms with Gasteiger partial charge in [-0.1, -0.05) is 77.0 Å². The van der Waals surface area contributed by atoms with Gasteiger partial charge in [-0.15, -0.1) is 0 Å². The van der Waals surface area contributed by atoms with Crippen molar-refractivity contribution in [3.8, 4) is 0 Å². The normalized spacial score (nSPS) is 11.6. The number of nitrogens with zero attached hydrogens (tertiary/aromatic N) is 5. The Morgan fingerprint density at radius 3 is 1.89 bits per heavy atom. The first kappa shape index (κ1) is 46.0. The van der Waals surface area contributed by atoms with E-state index >= 15 is 0 Å². The van der Waals surface area contributed by atoms with E-state index in [1.165, 1.54) is 44.9 Å². The van der Waals surface area contributed by atoms with Gasteiger partial charge >= 0.3 is 17.9 Å². The summed E-state index contributed by atoms with van der Waals surface area (Å²) in [5, 5.41) is 20.8. The largest absolute Gasteiger partial charge is 0.481 e. The maximum atomic E-state index is 12.9. The first-order valence-corrected chi connectivity index (χ1v) is 20.2. The van der Waals surface area contributed by atoms with Crippen molar-refractivity contribution in [2.24, 2.45) is 0 Å². The number of nitrogen functional groups attached to an aromatic ring is 2. The molecule has 2 aromatic heterocycles. The van der Waals surface area contributed by atoms with E-state index in [0.717, 1.165) is 50.6 Å². The van der Waals surface area contributed by atoms with Crippen LogP contribution >= 0.6 is 0 Å². The summed E-state index contributed by atoms with van der Waals surface area (Å²) >= 11 is 0. The van der Waals surface area contributed by atoms with Crippen LogP contribution in [0.4, 0.5) is 17.5 Å². The molecule has 0 bridgehead atoms. The van der Waals surface area contributed by atoms with Crippen LogP contribution in [0.3, 0.4) is 0 Å². The molecule has 1 aromatic carbocycles. The number of hydrogen-bond donors (Lipinski definition) is 5. The Hall–Kier alpha value is -5.41. The van der Waals surface area contributed by atoms with E-state index < -0.39 is 23.9 Å². The standard InChI is InChI=1S/C41H60N8O8/c1-49(28-30-27-44-38-36(45-30)37(42)47-41(43)48-38)31-22-20-29(21-23-31)39(54)46-33(40(55)56)25-24-32(50)17-16-26-57-35(53)19-15-13-11-9-7-5-3-2-4-6-8-10-12-14-18-34(51)52/h20-23,27,33H,2-19,24-26,28H2,1H3,(H,46,54)(H,51,52)(H,55,56)(H4,42,43,44,47,48)/t33-/m0/s1. The van der Waals surface area contributed by atoms with Gasteiger partial charge in [0.15, 0.2) is 17.0 Å². The van der Waals surface area contributed by atoms with Crippen molar-refractivity contribution in [3.05, 3.63) is 41.7 Å². The second-order valence-electron chi connectivity index (χ2n) is 14.5. The van der Waals surface area contributed by atoms with Gasteiger partial charge < -0.3 is 36.6 Å². The van der Waals surface area contributed by atoms with Crippen LogP contribution in [0.2, 0.25) is 0 Å². The fourth-order valence-corrected chi connectivity index (χ4v) is 6.38. The predicted molar refractivity (Wildman–Crippen MR) is 217 cm³/mol. The number of esters is 1. The van der Waals surface area contributed by atoms with Gasteiger partial charge in [-0.2, -0.15) is 9.97 Å². The van der Waals surface area contributed by atoms with E-state index in [2.05, 4.69) is 25.3 Å². The number of unbranched alkanes of at least 4 members (excludes halogenated alkanes) is 13. The number of hydrogen-bond acceptors (Lipinski definition) is 13. The molecule has 0 aliphatic rings.